The molecule has 1 heteroatoms. The van der Waals surface area contributed by atoms with Crippen molar-refractivity contribution in [3.63, 3.8) is 0 Å². The van der Waals surface area contributed by atoms with Crippen LogP contribution in [-0.2, 0) is 0 Å². The molecule has 1 saturated carbocycles. The van der Waals surface area contributed by atoms with E-state index in [4.69, 9.17) is 5.11 Å². The summed E-state index contributed by atoms with van der Waals surface area (Å²) in [7, 11) is 0. The van der Waals surface area contributed by atoms with E-state index in [0.717, 1.165) is 11.8 Å². The Labute approximate surface area is 80.8 Å². The fraction of sp³-hybridized carbons (Fsp3) is 0.833. The molecule has 13 heavy (non-hydrogen) atoms. The van der Waals surface area contributed by atoms with Gasteiger partial charge >= 0.3 is 0 Å². The molecule has 0 unspecified atom stereocenters. The molecular formula is C12H20O. The fourth-order valence-electron chi connectivity index (χ4n) is 2.64. The second-order valence-corrected chi connectivity index (χ2v) is 4.66. The fourth-order valence-corrected chi connectivity index (χ4v) is 2.64. The smallest absolute Gasteiger partial charge is 0.0462 e. The van der Waals surface area contributed by atoms with Gasteiger partial charge in [0.2, 0.25) is 0 Å². The molecule has 0 radical (unpaired) electrons. The van der Waals surface area contributed by atoms with Crippen LogP contribution in [0.15, 0.2) is 11.6 Å². The summed E-state index contributed by atoms with van der Waals surface area (Å²) in [6.07, 6.45) is 9.07. The third-order valence-corrected chi connectivity index (χ3v) is 3.76. The second-order valence-electron chi connectivity index (χ2n) is 4.66. The van der Waals surface area contributed by atoms with Gasteiger partial charge in [-0.15, -0.1) is 0 Å². The summed E-state index contributed by atoms with van der Waals surface area (Å²) in [5.74, 6) is 2.17. The lowest BCUT2D eigenvalue weighted by Crippen LogP contribution is -2.07. The summed E-state index contributed by atoms with van der Waals surface area (Å²) in [4.78, 5) is 0. The topological polar surface area (TPSA) is 20.2 Å². The van der Waals surface area contributed by atoms with E-state index in [2.05, 4.69) is 13.0 Å². The van der Waals surface area contributed by atoms with Crippen LogP contribution in [-0.4, -0.2) is 11.7 Å². The van der Waals surface area contributed by atoms with Gasteiger partial charge in [-0.2, -0.15) is 0 Å². The number of aliphatic hydroxyl groups excluding tert-OH is 1. The van der Waals surface area contributed by atoms with Crippen molar-refractivity contribution in [2.75, 3.05) is 6.61 Å². The Hall–Kier alpha value is -0.300. The number of hydrogen-bond acceptors (Lipinski definition) is 1. The summed E-state index contributed by atoms with van der Waals surface area (Å²) in [5, 5.41) is 9.00. The third-order valence-electron chi connectivity index (χ3n) is 3.76. The van der Waals surface area contributed by atoms with Crippen molar-refractivity contribution < 1.29 is 5.11 Å². The van der Waals surface area contributed by atoms with Crippen LogP contribution in [0.25, 0.3) is 0 Å². The van der Waals surface area contributed by atoms with Crippen LogP contribution >= 0.6 is 0 Å². The van der Waals surface area contributed by atoms with Crippen molar-refractivity contribution in [1.82, 2.24) is 0 Å². The molecule has 1 fully saturated rings. The van der Waals surface area contributed by atoms with Crippen LogP contribution in [0.4, 0.5) is 0 Å². The molecule has 0 heterocycles. The lowest BCUT2D eigenvalue weighted by molar-refractivity contribution is 0.262. The molecule has 74 valence electrons. The maximum Gasteiger partial charge on any atom is 0.0462 e. The van der Waals surface area contributed by atoms with Gasteiger partial charge in [0.1, 0.15) is 0 Å². The van der Waals surface area contributed by atoms with E-state index >= 15 is 0 Å². The highest BCUT2D eigenvalue weighted by Crippen LogP contribution is 2.47. The summed E-state index contributed by atoms with van der Waals surface area (Å²) >= 11 is 0. The largest absolute Gasteiger partial charge is 0.396 e. The van der Waals surface area contributed by atoms with Crippen molar-refractivity contribution in [2.45, 2.75) is 39.0 Å². The van der Waals surface area contributed by atoms with E-state index in [0.29, 0.717) is 12.5 Å². The minimum atomic E-state index is 0.405. The van der Waals surface area contributed by atoms with Gasteiger partial charge in [-0.3, -0.25) is 0 Å². The standard InChI is InChI=1S/C12H20O/c1-9(12-7-11(12)8-13)10-5-3-2-4-6-10/h5,9,11-13H,2-4,6-8H2,1H3/t9-,11+,12-/m0/s1. The van der Waals surface area contributed by atoms with Crippen molar-refractivity contribution in [3.05, 3.63) is 11.6 Å². The van der Waals surface area contributed by atoms with E-state index in [9.17, 15) is 0 Å². The molecule has 1 nitrogen and oxygen atoms in total. The molecule has 0 spiro atoms. The molecule has 0 amide bonds. The first-order valence-electron chi connectivity index (χ1n) is 5.62. The average molecular weight is 180 g/mol. The molecule has 2 aliphatic carbocycles. The molecule has 0 aliphatic heterocycles. The molecule has 3 atom stereocenters. The van der Waals surface area contributed by atoms with Crippen LogP contribution in [0.2, 0.25) is 0 Å². The van der Waals surface area contributed by atoms with Gasteiger partial charge in [0.05, 0.1) is 0 Å². The monoisotopic (exact) mass is 180 g/mol. The Morgan fingerprint density at radius 1 is 1.54 bits per heavy atom. The van der Waals surface area contributed by atoms with Crippen LogP contribution in [0.3, 0.4) is 0 Å². The quantitative estimate of drug-likeness (QED) is 0.662. The number of rotatable bonds is 3. The van der Waals surface area contributed by atoms with E-state index in [-0.39, 0.29) is 0 Å². The van der Waals surface area contributed by atoms with Gasteiger partial charge in [0, 0.05) is 6.61 Å². The molecular weight excluding hydrogens is 160 g/mol. The first-order chi connectivity index (χ1) is 6.33. The van der Waals surface area contributed by atoms with E-state index in [1.807, 2.05) is 0 Å². The highest BCUT2D eigenvalue weighted by molar-refractivity contribution is 5.13. The van der Waals surface area contributed by atoms with E-state index in [1.165, 1.54) is 32.1 Å². The van der Waals surface area contributed by atoms with Gasteiger partial charge in [-0.1, -0.05) is 18.6 Å². The van der Waals surface area contributed by atoms with Gasteiger partial charge < -0.3 is 5.11 Å². The van der Waals surface area contributed by atoms with Crippen LogP contribution in [0, 0.1) is 17.8 Å². The highest BCUT2D eigenvalue weighted by atomic mass is 16.3. The van der Waals surface area contributed by atoms with Gasteiger partial charge in [-0.25, -0.2) is 0 Å². The summed E-state index contributed by atoms with van der Waals surface area (Å²) in [5.41, 5.74) is 1.67. The lowest BCUT2D eigenvalue weighted by Gasteiger charge is -2.19. The first-order valence-corrected chi connectivity index (χ1v) is 5.62. The summed E-state index contributed by atoms with van der Waals surface area (Å²) in [6, 6.07) is 0. The van der Waals surface area contributed by atoms with Crippen molar-refractivity contribution >= 4 is 0 Å². The zero-order valence-corrected chi connectivity index (χ0v) is 8.50. The molecule has 0 saturated heterocycles. The first kappa shape index (κ1) is 9.26. The van der Waals surface area contributed by atoms with Crippen molar-refractivity contribution in [1.29, 1.82) is 0 Å². The van der Waals surface area contributed by atoms with Gasteiger partial charge in [0.25, 0.3) is 0 Å². The summed E-state index contributed by atoms with van der Waals surface area (Å²) < 4.78 is 0. The minimum absolute atomic E-state index is 0.405. The maximum absolute atomic E-state index is 9.00. The minimum Gasteiger partial charge on any atom is -0.396 e. The van der Waals surface area contributed by atoms with Gasteiger partial charge in [0.15, 0.2) is 0 Å². The average Bonchev–Trinajstić information content (AvgIpc) is 2.97. The second kappa shape index (κ2) is 3.83. The predicted molar refractivity (Wildman–Crippen MR) is 54.4 cm³/mol. The Bertz CT molecular complexity index is 207. The van der Waals surface area contributed by atoms with E-state index < -0.39 is 0 Å². The molecule has 1 N–H and O–H groups in total. The zero-order valence-electron chi connectivity index (χ0n) is 8.50. The number of allylic oxidation sites excluding steroid dienone is 2. The molecule has 2 aliphatic rings. The molecule has 0 bridgehead atoms. The molecule has 2 rings (SSSR count). The van der Waals surface area contributed by atoms with Gasteiger partial charge in [-0.05, 0) is 49.9 Å². The Morgan fingerprint density at radius 3 is 2.92 bits per heavy atom. The Balaban J connectivity index is 1.89. The third kappa shape index (κ3) is 1.96. The Kier molecular flexibility index (Phi) is 2.73. The van der Waals surface area contributed by atoms with Crippen LogP contribution in [0.5, 0.6) is 0 Å². The molecule has 0 aromatic carbocycles. The molecule has 0 aromatic heterocycles. The molecule has 0 aromatic rings. The maximum atomic E-state index is 9.00. The SMILES string of the molecule is C[C@@H](C1=CCCCC1)[C@@H]1C[C@@H]1CO. The van der Waals surface area contributed by atoms with E-state index in [1.54, 1.807) is 5.57 Å². The highest BCUT2D eigenvalue weighted by Gasteiger charge is 2.41. The number of hydrogen-bond donors (Lipinski definition) is 1. The van der Waals surface area contributed by atoms with Crippen molar-refractivity contribution in [2.24, 2.45) is 17.8 Å². The Morgan fingerprint density at radius 2 is 2.38 bits per heavy atom. The normalized spacial score (nSPS) is 35.4. The van der Waals surface area contributed by atoms with Crippen LogP contribution in [0.1, 0.15) is 39.0 Å². The lowest BCUT2D eigenvalue weighted by atomic mass is 9.87. The number of aliphatic hydroxyl groups is 1. The zero-order chi connectivity index (χ0) is 9.26. The summed E-state index contributed by atoms with van der Waals surface area (Å²) in [6.45, 7) is 2.75. The predicted octanol–water partition coefficient (Wildman–Crippen LogP) is 2.75. The van der Waals surface area contributed by atoms with Crippen molar-refractivity contribution in [3.8, 4) is 0 Å². The van der Waals surface area contributed by atoms with Crippen LogP contribution < -0.4 is 0 Å².